The van der Waals surface area contributed by atoms with Crippen molar-refractivity contribution in [3.05, 3.63) is 29.3 Å². The van der Waals surface area contributed by atoms with E-state index in [1.165, 1.54) is 0 Å². The van der Waals surface area contributed by atoms with E-state index in [-0.39, 0.29) is 6.42 Å². The van der Waals surface area contributed by atoms with Gasteiger partial charge in [-0.3, -0.25) is 9.79 Å². The van der Waals surface area contributed by atoms with Crippen LogP contribution in [0, 0.1) is 0 Å². The molecular weight excluding hydrogens is 214 g/mol. The second-order valence-electron chi connectivity index (χ2n) is 3.08. The monoisotopic (exact) mass is 225 g/mol. The first-order valence-electron chi connectivity index (χ1n) is 4.65. The third-order valence-electron chi connectivity index (χ3n) is 1.88. The van der Waals surface area contributed by atoms with E-state index >= 15 is 0 Å². The normalized spacial score (nSPS) is 11.5. The summed E-state index contributed by atoms with van der Waals surface area (Å²) in [4.78, 5) is 14.7. The molecule has 3 nitrogen and oxygen atoms in total. The summed E-state index contributed by atoms with van der Waals surface area (Å²) in [6, 6.07) is 6.99. The van der Waals surface area contributed by atoms with Gasteiger partial charge in [0.25, 0.3) is 0 Å². The predicted molar refractivity (Wildman–Crippen MR) is 61.1 cm³/mol. The van der Waals surface area contributed by atoms with Gasteiger partial charge in [-0.05, 0) is 30.7 Å². The highest BCUT2D eigenvalue weighted by molar-refractivity contribution is 6.30. The van der Waals surface area contributed by atoms with Crippen LogP contribution in [-0.4, -0.2) is 16.8 Å². The van der Waals surface area contributed by atoms with Crippen molar-refractivity contribution in [2.45, 2.75) is 19.8 Å². The molecule has 1 aromatic rings. The van der Waals surface area contributed by atoms with Gasteiger partial charge in [0.1, 0.15) is 0 Å². The van der Waals surface area contributed by atoms with Gasteiger partial charge in [0.2, 0.25) is 0 Å². The van der Waals surface area contributed by atoms with Crippen molar-refractivity contribution in [3.63, 3.8) is 0 Å². The maximum atomic E-state index is 10.5. The molecule has 0 bridgehead atoms. The number of hydrogen-bond donors (Lipinski definition) is 1. The fourth-order valence-electron chi connectivity index (χ4n) is 1.12. The molecule has 0 aromatic heterocycles. The summed E-state index contributed by atoms with van der Waals surface area (Å²) in [5, 5.41) is 9.28. The van der Waals surface area contributed by atoms with Gasteiger partial charge < -0.3 is 5.11 Å². The van der Waals surface area contributed by atoms with Crippen molar-refractivity contribution >= 4 is 29.0 Å². The second kappa shape index (κ2) is 5.51. The lowest BCUT2D eigenvalue weighted by molar-refractivity contribution is -0.135. The highest BCUT2D eigenvalue weighted by atomic mass is 35.5. The zero-order chi connectivity index (χ0) is 11.3. The van der Waals surface area contributed by atoms with E-state index in [9.17, 15) is 4.79 Å². The Bertz CT molecular complexity index is 371. The Morgan fingerprint density at radius 3 is 2.47 bits per heavy atom. The summed E-state index contributed by atoms with van der Waals surface area (Å²) in [6.07, 6.45) is 0.619. The second-order valence-corrected chi connectivity index (χ2v) is 3.51. The van der Waals surface area contributed by atoms with Crippen molar-refractivity contribution in [3.8, 4) is 0 Å². The van der Waals surface area contributed by atoms with Gasteiger partial charge in [-0.1, -0.05) is 18.5 Å². The van der Waals surface area contributed by atoms with Crippen LogP contribution in [0.5, 0.6) is 0 Å². The van der Waals surface area contributed by atoms with E-state index in [0.717, 1.165) is 5.69 Å². The predicted octanol–water partition coefficient (Wildman–Crippen LogP) is 3.30. The molecule has 1 aromatic carbocycles. The maximum Gasteiger partial charge on any atom is 0.309 e. The van der Waals surface area contributed by atoms with Gasteiger partial charge in [-0.25, -0.2) is 0 Å². The number of halogens is 1. The fraction of sp³-hybridized carbons (Fsp3) is 0.273. The lowest BCUT2D eigenvalue weighted by Crippen LogP contribution is -2.05. The highest BCUT2D eigenvalue weighted by Gasteiger charge is 2.03. The van der Waals surface area contributed by atoms with Gasteiger partial charge in [-0.2, -0.15) is 0 Å². The van der Waals surface area contributed by atoms with Crippen LogP contribution in [0.1, 0.15) is 19.8 Å². The highest BCUT2D eigenvalue weighted by Crippen LogP contribution is 2.17. The number of carboxylic acid groups (broad SMARTS) is 1. The molecule has 0 atom stereocenters. The summed E-state index contributed by atoms with van der Waals surface area (Å²) in [7, 11) is 0. The Morgan fingerprint density at radius 2 is 2.00 bits per heavy atom. The lowest BCUT2D eigenvalue weighted by Gasteiger charge is -2.00. The Morgan fingerprint density at radius 1 is 1.40 bits per heavy atom. The Labute approximate surface area is 93.4 Å². The first kappa shape index (κ1) is 11.7. The minimum absolute atomic E-state index is 0.0148. The van der Waals surface area contributed by atoms with E-state index in [2.05, 4.69) is 4.99 Å². The lowest BCUT2D eigenvalue weighted by atomic mass is 10.2. The molecule has 1 rings (SSSR count). The molecule has 0 aliphatic heterocycles. The molecular formula is C11H12ClNO2. The van der Waals surface area contributed by atoms with E-state index in [1.54, 1.807) is 24.3 Å². The molecule has 80 valence electrons. The van der Waals surface area contributed by atoms with Gasteiger partial charge in [-0.15, -0.1) is 0 Å². The molecule has 0 aliphatic carbocycles. The molecule has 0 heterocycles. The summed E-state index contributed by atoms with van der Waals surface area (Å²) in [6.45, 7) is 1.89. The van der Waals surface area contributed by atoms with Gasteiger partial charge in [0.15, 0.2) is 0 Å². The molecule has 15 heavy (non-hydrogen) atoms. The average molecular weight is 226 g/mol. The standard InChI is InChI=1S/C11H12ClNO2/c1-2-9(7-11(14)15)13-10-5-3-8(12)4-6-10/h3-6H,2,7H2,1H3,(H,14,15). The Kier molecular flexibility index (Phi) is 4.31. The van der Waals surface area contributed by atoms with Crippen molar-refractivity contribution in [1.82, 2.24) is 0 Å². The van der Waals surface area contributed by atoms with Crippen molar-refractivity contribution in [1.29, 1.82) is 0 Å². The van der Waals surface area contributed by atoms with E-state index in [1.807, 2.05) is 6.92 Å². The zero-order valence-electron chi connectivity index (χ0n) is 8.40. The molecule has 4 heteroatoms. The van der Waals surface area contributed by atoms with Crippen LogP contribution in [0.25, 0.3) is 0 Å². The third kappa shape index (κ3) is 4.13. The summed E-state index contributed by atoms with van der Waals surface area (Å²) in [5.41, 5.74) is 1.39. The number of aliphatic carboxylic acids is 1. The topological polar surface area (TPSA) is 49.7 Å². The quantitative estimate of drug-likeness (QED) is 0.800. The minimum atomic E-state index is -0.857. The average Bonchev–Trinajstić information content (AvgIpc) is 2.19. The smallest absolute Gasteiger partial charge is 0.309 e. The zero-order valence-corrected chi connectivity index (χ0v) is 9.16. The summed E-state index contributed by atoms with van der Waals surface area (Å²) in [5.74, 6) is -0.857. The Balaban J connectivity index is 2.83. The third-order valence-corrected chi connectivity index (χ3v) is 2.13. The molecule has 0 unspecified atom stereocenters. The minimum Gasteiger partial charge on any atom is -0.481 e. The number of rotatable bonds is 4. The summed E-state index contributed by atoms with van der Waals surface area (Å²) < 4.78 is 0. The van der Waals surface area contributed by atoms with Crippen LogP contribution in [-0.2, 0) is 4.79 Å². The molecule has 0 saturated carbocycles. The number of aliphatic imine (C=N–C) groups is 1. The van der Waals surface area contributed by atoms with Crippen LogP contribution >= 0.6 is 11.6 Å². The first-order valence-corrected chi connectivity index (χ1v) is 5.03. The number of nitrogens with zero attached hydrogens (tertiary/aromatic N) is 1. The first-order chi connectivity index (χ1) is 7.11. The van der Waals surface area contributed by atoms with Gasteiger partial charge >= 0.3 is 5.97 Å². The van der Waals surface area contributed by atoms with Crippen LogP contribution in [0.3, 0.4) is 0 Å². The van der Waals surface area contributed by atoms with Crippen molar-refractivity contribution in [2.75, 3.05) is 0 Å². The van der Waals surface area contributed by atoms with E-state index < -0.39 is 5.97 Å². The van der Waals surface area contributed by atoms with E-state index in [0.29, 0.717) is 17.2 Å². The maximum absolute atomic E-state index is 10.5. The molecule has 0 amide bonds. The molecule has 0 aliphatic rings. The SMILES string of the molecule is CCC(CC(=O)O)=Nc1ccc(Cl)cc1. The van der Waals surface area contributed by atoms with Crippen LogP contribution < -0.4 is 0 Å². The van der Waals surface area contributed by atoms with Crippen molar-refractivity contribution < 1.29 is 9.90 Å². The van der Waals surface area contributed by atoms with Crippen LogP contribution in [0.4, 0.5) is 5.69 Å². The number of hydrogen-bond acceptors (Lipinski definition) is 2. The molecule has 0 spiro atoms. The van der Waals surface area contributed by atoms with Gasteiger partial charge in [0, 0.05) is 10.7 Å². The number of benzene rings is 1. The molecule has 0 fully saturated rings. The number of carboxylic acids is 1. The largest absolute Gasteiger partial charge is 0.481 e. The fourth-order valence-corrected chi connectivity index (χ4v) is 1.24. The van der Waals surface area contributed by atoms with Crippen LogP contribution in [0.15, 0.2) is 29.3 Å². The van der Waals surface area contributed by atoms with Gasteiger partial charge in [0.05, 0.1) is 12.1 Å². The Hall–Kier alpha value is -1.35. The molecule has 1 N–H and O–H groups in total. The van der Waals surface area contributed by atoms with Crippen molar-refractivity contribution in [2.24, 2.45) is 4.99 Å². The number of carbonyl (C=O) groups is 1. The van der Waals surface area contributed by atoms with E-state index in [4.69, 9.17) is 16.7 Å². The van der Waals surface area contributed by atoms with Crippen LogP contribution in [0.2, 0.25) is 5.02 Å². The summed E-state index contributed by atoms with van der Waals surface area (Å²) >= 11 is 5.72. The molecule has 0 radical (unpaired) electrons. The molecule has 0 saturated heterocycles.